The second-order valence-corrected chi connectivity index (χ2v) is 4.82. The molecule has 0 aliphatic rings. The zero-order valence-electron chi connectivity index (χ0n) is 10.6. The van der Waals surface area contributed by atoms with Gasteiger partial charge in [0.05, 0.1) is 12.4 Å². The molecule has 0 fully saturated rings. The standard InChI is InChI=1S/C13H18F2N2O/c1-13(2,12(16)17)6-3-7-18-11-5-4-9(14)8-10(11)15/h4-5,8H,3,6-7H2,1-2H3,(H3,16,17). The maximum atomic E-state index is 13.2. The van der Waals surface area contributed by atoms with Gasteiger partial charge in [-0.25, -0.2) is 8.78 Å². The molecule has 0 aliphatic carbocycles. The molecule has 0 saturated heterocycles. The summed E-state index contributed by atoms with van der Waals surface area (Å²) in [5, 5.41) is 7.39. The van der Waals surface area contributed by atoms with Gasteiger partial charge in [-0.3, -0.25) is 5.41 Å². The zero-order valence-corrected chi connectivity index (χ0v) is 10.6. The van der Waals surface area contributed by atoms with E-state index in [1.165, 1.54) is 6.07 Å². The molecule has 1 rings (SSSR count). The van der Waals surface area contributed by atoms with Gasteiger partial charge in [0.15, 0.2) is 11.6 Å². The SMILES string of the molecule is CC(C)(CCCOc1ccc(F)cc1F)C(=N)N. The number of hydrogen-bond donors (Lipinski definition) is 2. The fraction of sp³-hybridized carbons (Fsp3) is 0.462. The van der Waals surface area contributed by atoms with Crippen molar-refractivity contribution in [1.29, 1.82) is 5.41 Å². The Morgan fingerprint density at radius 3 is 2.61 bits per heavy atom. The summed E-state index contributed by atoms with van der Waals surface area (Å²) in [4.78, 5) is 0. The van der Waals surface area contributed by atoms with E-state index in [0.29, 0.717) is 19.4 Å². The van der Waals surface area contributed by atoms with E-state index >= 15 is 0 Å². The van der Waals surface area contributed by atoms with Crippen LogP contribution in [0.4, 0.5) is 8.78 Å². The number of rotatable bonds is 6. The topological polar surface area (TPSA) is 59.1 Å². The van der Waals surface area contributed by atoms with E-state index in [0.717, 1.165) is 12.1 Å². The highest BCUT2D eigenvalue weighted by molar-refractivity contribution is 5.82. The fourth-order valence-electron chi connectivity index (χ4n) is 1.42. The van der Waals surface area contributed by atoms with Gasteiger partial charge in [-0.15, -0.1) is 0 Å². The second-order valence-electron chi connectivity index (χ2n) is 4.82. The van der Waals surface area contributed by atoms with Crippen LogP contribution < -0.4 is 10.5 Å². The molecule has 0 amide bonds. The van der Waals surface area contributed by atoms with Gasteiger partial charge < -0.3 is 10.5 Å². The molecular formula is C13H18F2N2O. The molecule has 1 aromatic carbocycles. The molecule has 5 heteroatoms. The monoisotopic (exact) mass is 256 g/mol. The third kappa shape index (κ3) is 3.98. The van der Waals surface area contributed by atoms with E-state index in [4.69, 9.17) is 15.9 Å². The molecule has 0 saturated carbocycles. The lowest BCUT2D eigenvalue weighted by atomic mass is 9.87. The summed E-state index contributed by atoms with van der Waals surface area (Å²) < 4.78 is 31.1. The maximum Gasteiger partial charge on any atom is 0.167 e. The van der Waals surface area contributed by atoms with Crippen LogP contribution in [-0.2, 0) is 0 Å². The smallest absolute Gasteiger partial charge is 0.167 e. The Bertz CT molecular complexity index is 433. The highest BCUT2D eigenvalue weighted by Crippen LogP contribution is 2.23. The lowest BCUT2D eigenvalue weighted by molar-refractivity contribution is 0.274. The summed E-state index contributed by atoms with van der Waals surface area (Å²) in [5.41, 5.74) is 5.06. The molecule has 3 N–H and O–H groups in total. The third-order valence-corrected chi connectivity index (χ3v) is 2.83. The molecule has 0 unspecified atom stereocenters. The van der Waals surface area contributed by atoms with E-state index in [-0.39, 0.29) is 17.0 Å². The summed E-state index contributed by atoms with van der Waals surface area (Å²) in [5.74, 6) is -1.18. The van der Waals surface area contributed by atoms with Crippen LogP contribution in [0.5, 0.6) is 5.75 Å². The van der Waals surface area contributed by atoms with Crippen LogP contribution in [0.25, 0.3) is 0 Å². The van der Waals surface area contributed by atoms with Gasteiger partial charge >= 0.3 is 0 Å². The number of ether oxygens (including phenoxy) is 1. The first-order valence-electron chi connectivity index (χ1n) is 5.75. The minimum absolute atomic E-state index is 0.0389. The van der Waals surface area contributed by atoms with Gasteiger partial charge in [-0.2, -0.15) is 0 Å². The number of nitrogens with two attached hydrogens (primary N) is 1. The van der Waals surface area contributed by atoms with Crippen LogP contribution in [0, 0.1) is 22.5 Å². The zero-order chi connectivity index (χ0) is 13.8. The molecule has 0 atom stereocenters. The Balaban J connectivity index is 2.41. The number of nitrogens with one attached hydrogen (secondary N) is 1. The molecule has 1 aromatic rings. The first-order valence-corrected chi connectivity index (χ1v) is 5.75. The molecule has 100 valence electrons. The van der Waals surface area contributed by atoms with E-state index < -0.39 is 11.6 Å². The number of halogens is 2. The molecule has 0 aliphatic heterocycles. The van der Waals surface area contributed by atoms with Crippen LogP contribution in [0.2, 0.25) is 0 Å². The minimum atomic E-state index is -0.708. The van der Waals surface area contributed by atoms with Crippen LogP contribution in [0.15, 0.2) is 18.2 Å². The second kappa shape index (κ2) is 5.80. The predicted octanol–water partition coefficient (Wildman–Crippen LogP) is 3.09. The van der Waals surface area contributed by atoms with Crippen LogP contribution >= 0.6 is 0 Å². The van der Waals surface area contributed by atoms with Crippen molar-refractivity contribution < 1.29 is 13.5 Å². The molecule has 0 aromatic heterocycles. The van der Waals surface area contributed by atoms with E-state index in [2.05, 4.69) is 0 Å². The first kappa shape index (κ1) is 14.4. The Labute approximate surface area is 105 Å². The average Bonchev–Trinajstić information content (AvgIpc) is 2.26. The molecule has 3 nitrogen and oxygen atoms in total. The molecule has 0 radical (unpaired) electrons. The molecule has 0 heterocycles. The van der Waals surface area contributed by atoms with E-state index in [1.54, 1.807) is 0 Å². The van der Waals surface area contributed by atoms with Crippen molar-refractivity contribution in [1.82, 2.24) is 0 Å². The van der Waals surface area contributed by atoms with Crippen molar-refractivity contribution in [2.24, 2.45) is 11.1 Å². The van der Waals surface area contributed by atoms with Gasteiger partial charge in [-0.1, -0.05) is 13.8 Å². The Morgan fingerprint density at radius 1 is 1.39 bits per heavy atom. The maximum absolute atomic E-state index is 13.2. The lowest BCUT2D eigenvalue weighted by Crippen LogP contribution is -2.31. The van der Waals surface area contributed by atoms with Crippen LogP contribution in [-0.4, -0.2) is 12.4 Å². The predicted molar refractivity (Wildman–Crippen MR) is 66.8 cm³/mol. The Kier molecular flexibility index (Phi) is 4.64. The first-order chi connectivity index (χ1) is 8.33. The fourth-order valence-corrected chi connectivity index (χ4v) is 1.42. The van der Waals surface area contributed by atoms with Gasteiger partial charge in [0.1, 0.15) is 5.82 Å². The molecule has 0 spiro atoms. The van der Waals surface area contributed by atoms with Crippen molar-refractivity contribution in [3.8, 4) is 5.75 Å². The van der Waals surface area contributed by atoms with Gasteiger partial charge in [-0.05, 0) is 25.0 Å². The highest BCUT2D eigenvalue weighted by Gasteiger charge is 2.20. The van der Waals surface area contributed by atoms with Crippen molar-refractivity contribution >= 4 is 5.84 Å². The number of hydrogen-bond acceptors (Lipinski definition) is 2. The number of amidine groups is 1. The average molecular weight is 256 g/mol. The summed E-state index contributed by atoms with van der Waals surface area (Å²) in [7, 11) is 0. The van der Waals surface area contributed by atoms with Crippen LogP contribution in [0.3, 0.4) is 0 Å². The Hall–Kier alpha value is -1.65. The summed E-state index contributed by atoms with van der Waals surface area (Å²) in [6.45, 7) is 4.04. The molecular weight excluding hydrogens is 238 g/mol. The third-order valence-electron chi connectivity index (χ3n) is 2.83. The van der Waals surface area contributed by atoms with Crippen molar-refractivity contribution in [2.45, 2.75) is 26.7 Å². The summed E-state index contributed by atoms with van der Waals surface area (Å²) in [6, 6.07) is 3.20. The lowest BCUT2D eigenvalue weighted by Gasteiger charge is -2.22. The minimum Gasteiger partial charge on any atom is -0.491 e. The van der Waals surface area contributed by atoms with E-state index in [9.17, 15) is 8.78 Å². The normalized spacial score (nSPS) is 11.3. The van der Waals surface area contributed by atoms with E-state index in [1.807, 2.05) is 13.8 Å². The molecule has 18 heavy (non-hydrogen) atoms. The van der Waals surface area contributed by atoms with Gasteiger partial charge in [0.25, 0.3) is 0 Å². The highest BCUT2D eigenvalue weighted by atomic mass is 19.1. The summed E-state index contributed by atoms with van der Waals surface area (Å²) >= 11 is 0. The Morgan fingerprint density at radius 2 is 2.06 bits per heavy atom. The quantitative estimate of drug-likeness (QED) is 0.467. The summed E-state index contributed by atoms with van der Waals surface area (Å²) in [6.07, 6.45) is 1.31. The van der Waals surface area contributed by atoms with Crippen molar-refractivity contribution in [2.75, 3.05) is 6.61 Å². The van der Waals surface area contributed by atoms with Crippen molar-refractivity contribution in [3.05, 3.63) is 29.8 Å². The number of benzene rings is 1. The van der Waals surface area contributed by atoms with Gasteiger partial charge in [0, 0.05) is 11.5 Å². The van der Waals surface area contributed by atoms with Crippen LogP contribution in [0.1, 0.15) is 26.7 Å². The largest absolute Gasteiger partial charge is 0.491 e. The van der Waals surface area contributed by atoms with Gasteiger partial charge in [0.2, 0.25) is 0 Å². The van der Waals surface area contributed by atoms with Crippen molar-refractivity contribution in [3.63, 3.8) is 0 Å². The molecule has 0 bridgehead atoms.